The van der Waals surface area contributed by atoms with Gasteiger partial charge in [-0.05, 0) is 28.0 Å². The highest BCUT2D eigenvalue weighted by Crippen LogP contribution is 2.27. The molecule has 0 saturated heterocycles. The van der Waals surface area contributed by atoms with E-state index < -0.39 is 0 Å². The molecule has 3 heteroatoms. The summed E-state index contributed by atoms with van der Waals surface area (Å²) in [6.07, 6.45) is 0.855. The first-order chi connectivity index (χ1) is 10.8. The first-order valence-electron chi connectivity index (χ1n) is 7.19. The summed E-state index contributed by atoms with van der Waals surface area (Å²) in [4.78, 5) is 11.5. The molecule has 0 heterocycles. The van der Waals surface area contributed by atoms with Gasteiger partial charge in [-0.2, -0.15) is 0 Å². The van der Waals surface area contributed by atoms with Crippen LogP contribution in [0.3, 0.4) is 0 Å². The molecule has 0 aliphatic rings. The van der Waals surface area contributed by atoms with Crippen molar-refractivity contribution >= 4 is 17.1 Å². The monoisotopic (exact) mass is 291 g/mol. The number of ether oxygens (including phenoxy) is 1. The molecule has 0 saturated carbocycles. The Morgan fingerprint density at radius 3 is 2.59 bits per heavy atom. The van der Waals surface area contributed by atoms with Gasteiger partial charge in [0, 0.05) is 6.54 Å². The first kappa shape index (κ1) is 14.3. The number of carbonyl (C=O) groups is 1. The summed E-state index contributed by atoms with van der Waals surface area (Å²) in [7, 11) is 0. The standard InChI is InChI=1S/C19H17NO2/c20-11-14-4-3-5-15(10-14)13-22-19-9-8-16-6-1-2-7-17(16)18(19)12-21/h1-10,12H,11,13,20H2. The van der Waals surface area contributed by atoms with E-state index in [1.807, 2.05) is 60.7 Å². The SMILES string of the molecule is NCc1cccc(COc2ccc3ccccc3c2C=O)c1. The van der Waals surface area contributed by atoms with Crippen molar-refractivity contribution in [3.63, 3.8) is 0 Å². The lowest BCUT2D eigenvalue weighted by molar-refractivity contribution is 0.112. The van der Waals surface area contributed by atoms with Gasteiger partial charge in [-0.25, -0.2) is 0 Å². The molecular formula is C19H17NO2. The molecule has 2 N–H and O–H groups in total. The number of carbonyl (C=O) groups excluding carboxylic acids is 1. The molecular weight excluding hydrogens is 274 g/mol. The van der Waals surface area contributed by atoms with Gasteiger partial charge in [-0.3, -0.25) is 4.79 Å². The van der Waals surface area contributed by atoms with Crippen molar-refractivity contribution in [3.05, 3.63) is 77.4 Å². The minimum Gasteiger partial charge on any atom is -0.488 e. The summed E-state index contributed by atoms with van der Waals surface area (Å²) >= 11 is 0. The van der Waals surface area contributed by atoms with Crippen molar-refractivity contribution in [2.75, 3.05) is 0 Å². The maximum absolute atomic E-state index is 11.5. The van der Waals surface area contributed by atoms with Crippen LogP contribution in [0.25, 0.3) is 10.8 Å². The molecule has 110 valence electrons. The van der Waals surface area contributed by atoms with Gasteiger partial charge < -0.3 is 10.5 Å². The van der Waals surface area contributed by atoms with Crippen molar-refractivity contribution in [1.29, 1.82) is 0 Å². The van der Waals surface area contributed by atoms with Gasteiger partial charge in [0.05, 0.1) is 5.56 Å². The molecule has 0 amide bonds. The van der Waals surface area contributed by atoms with Crippen LogP contribution in [-0.4, -0.2) is 6.29 Å². The molecule has 3 nitrogen and oxygen atoms in total. The molecule has 0 aliphatic heterocycles. The third-order valence-corrected chi connectivity index (χ3v) is 3.67. The minimum absolute atomic E-state index is 0.410. The molecule has 3 aromatic rings. The molecule has 0 unspecified atom stereocenters. The van der Waals surface area contributed by atoms with Gasteiger partial charge in [-0.1, -0.05) is 54.6 Å². The lowest BCUT2D eigenvalue weighted by atomic mass is 10.0. The van der Waals surface area contributed by atoms with Gasteiger partial charge in [0.2, 0.25) is 0 Å². The van der Waals surface area contributed by atoms with Crippen molar-refractivity contribution in [2.45, 2.75) is 13.2 Å². The van der Waals surface area contributed by atoms with Crippen LogP contribution in [-0.2, 0) is 13.2 Å². The van der Waals surface area contributed by atoms with Crippen LogP contribution in [0.5, 0.6) is 5.75 Å². The fourth-order valence-corrected chi connectivity index (χ4v) is 2.53. The highest BCUT2D eigenvalue weighted by Gasteiger charge is 2.08. The van der Waals surface area contributed by atoms with Gasteiger partial charge in [0.1, 0.15) is 12.4 Å². The maximum atomic E-state index is 11.5. The Morgan fingerprint density at radius 1 is 0.955 bits per heavy atom. The average Bonchev–Trinajstić information content (AvgIpc) is 2.59. The molecule has 0 spiro atoms. The Morgan fingerprint density at radius 2 is 1.77 bits per heavy atom. The van der Waals surface area contributed by atoms with E-state index in [2.05, 4.69) is 0 Å². The molecule has 0 bridgehead atoms. The third-order valence-electron chi connectivity index (χ3n) is 3.67. The van der Waals surface area contributed by atoms with Crippen LogP contribution in [0.15, 0.2) is 60.7 Å². The number of aldehydes is 1. The predicted molar refractivity (Wildman–Crippen MR) is 88.0 cm³/mol. The Bertz CT molecular complexity index is 811. The van der Waals surface area contributed by atoms with Crippen molar-refractivity contribution in [2.24, 2.45) is 5.73 Å². The third kappa shape index (κ3) is 2.85. The maximum Gasteiger partial charge on any atom is 0.154 e. The van der Waals surface area contributed by atoms with Crippen LogP contribution < -0.4 is 10.5 Å². The van der Waals surface area contributed by atoms with Crippen molar-refractivity contribution < 1.29 is 9.53 Å². The Hall–Kier alpha value is -2.65. The van der Waals surface area contributed by atoms with E-state index >= 15 is 0 Å². The number of fused-ring (bicyclic) bond motifs is 1. The predicted octanol–water partition coefficient (Wildman–Crippen LogP) is 3.69. The largest absolute Gasteiger partial charge is 0.488 e. The summed E-state index contributed by atoms with van der Waals surface area (Å²) in [6, 6.07) is 19.5. The molecule has 0 radical (unpaired) electrons. The zero-order valence-corrected chi connectivity index (χ0v) is 12.2. The number of nitrogens with two attached hydrogens (primary N) is 1. The second-order valence-corrected chi connectivity index (χ2v) is 5.13. The average molecular weight is 291 g/mol. The molecule has 22 heavy (non-hydrogen) atoms. The fourth-order valence-electron chi connectivity index (χ4n) is 2.53. The van der Waals surface area contributed by atoms with E-state index in [0.717, 1.165) is 28.2 Å². The Kier molecular flexibility index (Phi) is 4.17. The molecule has 3 aromatic carbocycles. The number of rotatable bonds is 5. The van der Waals surface area contributed by atoms with Crippen molar-refractivity contribution in [3.8, 4) is 5.75 Å². The van der Waals surface area contributed by atoms with E-state index in [1.54, 1.807) is 0 Å². The summed E-state index contributed by atoms with van der Waals surface area (Å²) < 4.78 is 5.85. The second-order valence-electron chi connectivity index (χ2n) is 5.13. The zero-order chi connectivity index (χ0) is 15.4. The summed E-state index contributed by atoms with van der Waals surface area (Å²) in [5, 5.41) is 1.94. The number of benzene rings is 3. The lowest BCUT2D eigenvalue weighted by Crippen LogP contribution is -2.01. The zero-order valence-electron chi connectivity index (χ0n) is 12.2. The quantitative estimate of drug-likeness (QED) is 0.729. The topological polar surface area (TPSA) is 52.3 Å². The molecule has 0 fully saturated rings. The lowest BCUT2D eigenvalue weighted by Gasteiger charge is -2.11. The van der Waals surface area contributed by atoms with Gasteiger partial charge in [0.25, 0.3) is 0 Å². The van der Waals surface area contributed by atoms with Crippen LogP contribution in [0.2, 0.25) is 0 Å². The highest BCUT2D eigenvalue weighted by molar-refractivity contribution is 6.00. The van der Waals surface area contributed by atoms with Crippen molar-refractivity contribution in [1.82, 2.24) is 0 Å². The Labute approximate surface area is 129 Å². The van der Waals surface area contributed by atoms with E-state index in [0.29, 0.717) is 24.5 Å². The summed E-state index contributed by atoms with van der Waals surface area (Å²) in [5.74, 6) is 0.604. The van der Waals surface area contributed by atoms with Gasteiger partial charge in [0.15, 0.2) is 6.29 Å². The highest BCUT2D eigenvalue weighted by atomic mass is 16.5. The summed E-state index contributed by atoms with van der Waals surface area (Å²) in [6.45, 7) is 0.913. The van der Waals surface area contributed by atoms with Gasteiger partial charge >= 0.3 is 0 Å². The minimum atomic E-state index is 0.410. The van der Waals surface area contributed by atoms with Crippen LogP contribution in [0.4, 0.5) is 0 Å². The van der Waals surface area contributed by atoms with E-state index in [1.165, 1.54) is 0 Å². The van der Waals surface area contributed by atoms with E-state index in [4.69, 9.17) is 10.5 Å². The molecule has 0 aliphatic carbocycles. The normalized spacial score (nSPS) is 10.6. The molecule has 0 atom stereocenters. The second kappa shape index (κ2) is 6.41. The van der Waals surface area contributed by atoms with Crippen LogP contribution in [0.1, 0.15) is 21.5 Å². The Balaban J connectivity index is 1.88. The van der Waals surface area contributed by atoms with E-state index in [-0.39, 0.29) is 0 Å². The van der Waals surface area contributed by atoms with Crippen LogP contribution in [0, 0.1) is 0 Å². The number of hydrogen-bond donors (Lipinski definition) is 1. The van der Waals surface area contributed by atoms with Crippen LogP contribution >= 0.6 is 0 Å². The smallest absolute Gasteiger partial charge is 0.154 e. The summed E-state index contributed by atoms with van der Waals surface area (Å²) in [5.41, 5.74) is 8.34. The van der Waals surface area contributed by atoms with Gasteiger partial charge in [-0.15, -0.1) is 0 Å². The van der Waals surface area contributed by atoms with E-state index in [9.17, 15) is 4.79 Å². The number of hydrogen-bond acceptors (Lipinski definition) is 3. The first-order valence-corrected chi connectivity index (χ1v) is 7.19. The molecule has 0 aromatic heterocycles. The molecule has 3 rings (SSSR count). The fraction of sp³-hybridized carbons (Fsp3) is 0.105.